The van der Waals surface area contributed by atoms with E-state index in [1.807, 2.05) is 23.3 Å². The summed E-state index contributed by atoms with van der Waals surface area (Å²) in [6.45, 7) is 6.63. The molecule has 0 unspecified atom stereocenters. The van der Waals surface area contributed by atoms with Gasteiger partial charge in [0.2, 0.25) is 0 Å². The first-order chi connectivity index (χ1) is 12.4. The van der Waals surface area contributed by atoms with Crippen LogP contribution in [0.2, 0.25) is 0 Å². The van der Waals surface area contributed by atoms with Crippen LogP contribution in [-0.2, 0) is 19.4 Å². The van der Waals surface area contributed by atoms with Crippen molar-refractivity contribution in [3.05, 3.63) is 41.9 Å². The summed E-state index contributed by atoms with van der Waals surface area (Å²) >= 11 is 1.86. The molecule has 1 aromatic heterocycles. The van der Waals surface area contributed by atoms with Gasteiger partial charge in [-0.1, -0.05) is 26.0 Å². The Hall–Kier alpha value is -1.50. The third-order valence-electron chi connectivity index (χ3n) is 4.30. The smallest absolute Gasteiger partial charge is 0.110 e. The number of hydroxylamine groups is 1. The molecule has 0 spiro atoms. The molecule has 5 nitrogen and oxygen atoms in total. The van der Waals surface area contributed by atoms with Gasteiger partial charge in [0.25, 0.3) is 0 Å². The van der Waals surface area contributed by atoms with E-state index in [1.165, 1.54) is 23.1 Å². The predicted octanol–water partition coefficient (Wildman–Crippen LogP) is 3.56. The molecule has 0 amide bonds. The standard InChI is InChI=1S/C20H32N4OS/c1-20(2,14-23(3)4)15-24-18-9-8-16(7-6-11-21-25)13-17(18)22-19(24)10-12-26-5/h6,8-9,11,13,21,25H,7,10,12,14-15H2,1-5H3/b11-6+. The monoisotopic (exact) mass is 376 g/mol. The fourth-order valence-corrected chi connectivity index (χ4v) is 3.88. The van der Waals surface area contributed by atoms with Crippen LogP contribution in [0.3, 0.4) is 0 Å². The Bertz CT molecular complexity index is 737. The van der Waals surface area contributed by atoms with Crippen molar-refractivity contribution >= 4 is 22.8 Å². The Morgan fingerprint density at radius 1 is 1.35 bits per heavy atom. The number of benzene rings is 1. The van der Waals surface area contributed by atoms with Gasteiger partial charge in [-0.3, -0.25) is 10.7 Å². The lowest BCUT2D eigenvalue weighted by atomic mass is 9.92. The van der Waals surface area contributed by atoms with Crippen LogP contribution in [0.5, 0.6) is 0 Å². The number of fused-ring (bicyclic) bond motifs is 1. The van der Waals surface area contributed by atoms with E-state index in [4.69, 9.17) is 10.2 Å². The van der Waals surface area contributed by atoms with Crippen molar-refractivity contribution in [3.63, 3.8) is 0 Å². The number of aryl methyl sites for hydroxylation is 1. The Morgan fingerprint density at radius 2 is 2.12 bits per heavy atom. The summed E-state index contributed by atoms with van der Waals surface area (Å²) in [4.78, 5) is 7.20. The molecule has 0 aliphatic heterocycles. The number of hydrogen-bond donors (Lipinski definition) is 2. The number of imidazole rings is 1. The second-order valence-electron chi connectivity index (χ2n) is 7.82. The molecule has 0 saturated carbocycles. The van der Waals surface area contributed by atoms with Crippen molar-refractivity contribution in [2.45, 2.75) is 33.2 Å². The zero-order valence-electron chi connectivity index (χ0n) is 16.6. The van der Waals surface area contributed by atoms with Gasteiger partial charge in [0.1, 0.15) is 5.82 Å². The van der Waals surface area contributed by atoms with Crippen LogP contribution < -0.4 is 5.48 Å². The predicted molar refractivity (Wildman–Crippen MR) is 112 cm³/mol. The van der Waals surface area contributed by atoms with Crippen LogP contribution in [0.4, 0.5) is 0 Å². The van der Waals surface area contributed by atoms with Crippen LogP contribution in [0.1, 0.15) is 25.2 Å². The van der Waals surface area contributed by atoms with Crippen LogP contribution in [0, 0.1) is 5.41 Å². The largest absolute Gasteiger partial charge is 0.327 e. The zero-order chi connectivity index (χ0) is 19.2. The highest BCUT2D eigenvalue weighted by Gasteiger charge is 2.23. The number of hydrogen-bond acceptors (Lipinski definition) is 5. The first kappa shape index (κ1) is 20.8. The number of nitrogens with one attached hydrogen (secondary N) is 1. The van der Waals surface area contributed by atoms with E-state index in [0.717, 1.165) is 37.2 Å². The highest BCUT2D eigenvalue weighted by Crippen LogP contribution is 2.26. The number of allylic oxidation sites excluding steroid dienone is 1. The van der Waals surface area contributed by atoms with E-state index in [2.05, 4.69) is 61.9 Å². The highest BCUT2D eigenvalue weighted by molar-refractivity contribution is 7.98. The van der Waals surface area contributed by atoms with Crippen LogP contribution >= 0.6 is 11.8 Å². The lowest BCUT2D eigenvalue weighted by Crippen LogP contribution is -2.32. The van der Waals surface area contributed by atoms with E-state index in [-0.39, 0.29) is 5.41 Å². The molecule has 0 bridgehead atoms. The molecule has 0 radical (unpaired) electrons. The minimum absolute atomic E-state index is 0.166. The number of rotatable bonds is 10. The highest BCUT2D eigenvalue weighted by atomic mass is 32.2. The van der Waals surface area contributed by atoms with Crippen molar-refractivity contribution in [1.29, 1.82) is 0 Å². The van der Waals surface area contributed by atoms with Gasteiger partial charge in [0, 0.05) is 31.5 Å². The number of nitrogens with zero attached hydrogens (tertiary/aromatic N) is 3. The molecule has 2 N–H and O–H groups in total. The molecule has 0 fully saturated rings. The molecule has 1 heterocycles. The summed E-state index contributed by atoms with van der Waals surface area (Å²) < 4.78 is 2.41. The summed E-state index contributed by atoms with van der Waals surface area (Å²) in [7, 11) is 4.26. The molecule has 0 aliphatic carbocycles. The van der Waals surface area contributed by atoms with Gasteiger partial charge in [-0.2, -0.15) is 11.8 Å². The van der Waals surface area contributed by atoms with Crippen molar-refractivity contribution in [2.24, 2.45) is 5.41 Å². The molecule has 0 aliphatic rings. The first-order valence-corrected chi connectivity index (χ1v) is 10.4. The third kappa shape index (κ3) is 5.76. The fraction of sp³-hybridized carbons (Fsp3) is 0.550. The van der Waals surface area contributed by atoms with Gasteiger partial charge in [0.15, 0.2) is 0 Å². The normalized spacial score (nSPS) is 12.6. The summed E-state index contributed by atoms with van der Waals surface area (Å²) in [5.41, 5.74) is 5.67. The van der Waals surface area contributed by atoms with E-state index < -0.39 is 0 Å². The maximum absolute atomic E-state index is 8.65. The van der Waals surface area contributed by atoms with Gasteiger partial charge in [0.05, 0.1) is 11.0 Å². The maximum atomic E-state index is 8.65. The quantitative estimate of drug-likeness (QED) is 0.621. The third-order valence-corrected chi connectivity index (χ3v) is 4.91. The lowest BCUT2D eigenvalue weighted by molar-refractivity contribution is 0.211. The molecular formula is C20H32N4OS. The van der Waals surface area contributed by atoms with Crippen molar-refractivity contribution in [1.82, 2.24) is 19.9 Å². The van der Waals surface area contributed by atoms with Gasteiger partial charge in [-0.25, -0.2) is 4.98 Å². The molecule has 0 saturated heterocycles. The lowest BCUT2D eigenvalue weighted by Gasteiger charge is -2.29. The Morgan fingerprint density at radius 3 is 2.77 bits per heavy atom. The molecular weight excluding hydrogens is 344 g/mol. The van der Waals surface area contributed by atoms with E-state index in [9.17, 15) is 0 Å². The molecule has 1 aromatic carbocycles. The maximum Gasteiger partial charge on any atom is 0.110 e. The van der Waals surface area contributed by atoms with Crippen molar-refractivity contribution < 1.29 is 5.21 Å². The molecule has 2 aromatic rings. The topological polar surface area (TPSA) is 53.3 Å². The van der Waals surface area contributed by atoms with Crippen molar-refractivity contribution in [3.8, 4) is 0 Å². The molecule has 0 atom stereocenters. The fourth-order valence-electron chi connectivity index (χ4n) is 3.49. The average Bonchev–Trinajstić information content (AvgIpc) is 2.88. The first-order valence-electron chi connectivity index (χ1n) is 9.02. The zero-order valence-corrected chi connectivity index (χ0v) is 17.4. The van der Waals surface area contributed by atoms with E-state index in [1.54, 1.807) is 0 Å². The number of aromatic nitrogens is 2. The molecule has 2 rings (SSSR count). The van der Waals surface area contributed by atoms with Crippen molar-refractivity contribution in [2.75, 3.05) is 32.6 Å². The molecule has 26 heavy (non-hydrogen) atoms. The van der Waals surface area contributed by atoms with Gasteiger partial charge >= 0.3 is 0 Å². The Balaban J connectivity index is 2.36. The summed E-state index contributed by atoms with van der Waals surface area (Å²) in [6, 6.07) is 6.50. The second kappa shape index (κ2) is 9.44. The van der Waals surface area contributed by atoms with Crippen LogP contribution in [-0.4, -0.2) is 52.3 Å². The SMILES string of the molecule is CSCCc1nc2cc(C/C=C/NO)ccc2n1CC(C)(C)CN(C)C. The van der Waals surface area contributed by atoms with Gasteiger partial charge in [-0.15, -0.1) is 0 Å². The Labute approximate surface area is 161 Å². The summed E-state index contributed by atoms with van der Waals surface area (Å²) in [5.74, 6) is 2.25. The van der Waals surface area contributed by atoms with E-state index >= 15 is 0 Å². The van der Waals surface area contributed by atoms with Crippen LogP contribution in [0.25, 0.3) is 11.0 Å². The average molecular weight is 377 g/mol. The van der Waals surface area contributed by atoms with Gasteiger partial charge in [-0.05, 0) is 49.9 Å². The molecule has 144 valence electrons. The minimum atomic E-state index is 0.166. The second-order valence-corrected chi connectivity index (χ2v) is 8.80. The minimum Gasteiger partial charge on any atom is -0.327 e. The summed E-state index contributed by atoms with van der Waals surface area (Å²) in [6.07, 6.45) is 7.33. The van der Waals surface area contributed by atoms with E-state index in [0.29, 0.717) is 0 Å². The van der Waals surface area contributed by atoms with Crippen LogP contribution in [0.15, 0.2) is 30.5 Å². The summed E-state index contributed by atoms with van der Waals surface area (Å²) in [5, 5.41) is 8.65. The number of thioether (sulfide) groups is 1. The van der Waals surface area contributed by atoms with Gasteiger partial charge < -0.3 is 9.47 Å². The molecule has 6 heteroatoms. The Kier molecular flexibility index (Phi) is 7.55.